The second-order valence-corrected chi connectivity index (χ2v) is 5.51. The van der Waals surface area contributed by atoms with Gasteiger partial charge in [0, 0.05) is 18.3 Å². The van der Waals surface area contributed by atoms with E-state index in [1.807, 2.05) is 4.68 Å². The monoisotopic (exact) mass is 235 g/mol. The molecule has 0 saturated heterocycles. The number of hydrogen-bond donors (Lipinski definition) is 1. The summed E-state index contributed by atoms with van der Waals surface area (Å²) in [4.78, 5) is 0. The van der Waals surface area contributed by atoms with Crippen molar-refractivity contribution in [3.05, 3.63) is 18.0 Å². The lowest BCUT2D eigenvalue weighted by atomic mass is 10.0. The molecule has 1 atom stereocenters. The molecule has 0 aliphatic heterocycles. The van der Waals surface area contributed by atoms with Crippen LogP contribution in [0, 0.1) is 5.92 Å². The molecule has 0 amide bonds. The fourth-order valence-electron chi connectivity index (χ4n) is 2.42. The van der Waals surface area contributed by atoms with Crippen LogP contribution in [-0.4, -0.2) is 22.9 Å². The highest BCUT2D eigenvalue weighted by Gasteiger charge is 2.29. The molecule has 1 fully saturated rings. The van der Waals surface area contributed by atoms with Gasteiger partial charge in [-0.15, -0.1) is 0 Å². The molecule has 1 unspecified atom stereocenters. The summed E-state index contributed by atoms with van der Waals surface area (Å²) in [6.07, 6.45) is 8.59. The number of aromatic nitrogens is 2. The molecule has 1 aliphatic carbocycles. The third-order valence-electron chi connectivity index (χ3n) is 3.70. The van der Waals surface area contributed by atoms with Crippen LogP contribution in [0.3, 0.4) is 0 Å². The summed E-state index contributed by atoms with van der Waals surface area (Å²) in [5.74, 6) is 0.952. The maximum Gasteiger partial charge on any atom is 0.0624 e. The Bertz CT molecular complexity index is 339. The van der Waals surface area contributed by atoms with Crippen LogP contribution in [0.15, 0.2) is 12.3 Å². The van der Waals surface area contributed by atoms with Gasteiger partial charge in [0.05, 0.1) is 5.69 Å². The Balaban J connectivity index is 1.73. The lowest BCUT2D eigenvalue weighted by Gasteiger charge is -2.14. The zero-order valence-electron chi connectivity index (χ0n) is 11.3. The molecule has 1 saturated carbocycles. The maximum atomic E-state index is 4.59. The van der Waals surface area contributed by atoms with Crippen molar-refractivity contribution in [2.24, 2.45) is 5.92 Å². The van der Waals surface area contributed by atoms with E-state index in [1.54, 1.807) is 0 Å². The standard InChI is InChI=1S/C14H25N3/c1-11(2)17-10-9-13(16-17)5-4-6-14(15-3)12-7-8-12/h9-12,14-15H,4-8H2,1-3H3. The first-order chi connectivity index (χ1) is 8.20. The first kappa shape index (κ1) is 12.6. The van der Waals surface area contributed by atoms with Crippen molar-refractivity contribution in [1.82, 2.24) is 15.1 Å². The van der Waals surface area contributed by atoms with Gasteiger partial charge in [0.15, 0.2) is 0 Å². The van der Waals surface area contributed by atoms with Crippen LogP contribution in [0.4, 0.5) is 0 Å². The van der Waals surface area contributed by atoms with Crippen molar-refractivity contribution in [3.63, 3.8) is 0 Å². The predicted molar refractivity (Wildman–Crippen MR) is 71.1 cm³/mol. The Morgan fingerprint density at radius 2 is 2.24 bits per heavy atom. The van der Waals surface area contributed by atoms with Gasteiger partial charge in [-0.3, -0.25) is 4.68 Å². The molecule has 1 N–H and O–H groups in total. The number of nitrogens with zero attached hydrogens (tertiary/aromatic N) is 2. The van der Waals surface area contributed by atoms with Crippen molar-refractivity contribution in [2.45, 2.75) is 58.0 Å². The van der Waals surface area contributed by atoms with Crippen LogP contribution in [-0.2, 0) is 6.42 Å². The molecule has 96 valence electrons. The van der Waals surface area contributed by atoms with Crippen LogP contribution >= 0.6 is 0 Å². The minimum atomic E-state index is 0.472. The van der Waals surface area contributed by atoms with E-state index < -0.39 is 0 Å². The number of rotatable bonds is 7. The fraction of sp³-hybridized carbons (Fsp3) is 0.786. The molecule has 0 aromatic carbocycles. The molecule has 1 heterocycles. The van der Waals surface area contributed by atoms with Gasteiger partial charge in [-0.05, 0) is 65.0 Å². The largest absolute Gasteiger partial charge is 0.317 e. The van der Waals surface area contributed by atoms with Crippen molar-refractivity contribution >= 4 is 0 Å². The maximum absolute atomic E-state index is 4.59. The van der Waals surface area contributed by atoms with Gasteiger partial charge in [0.1, 0.15) is 0 Å². The lowest BCUT2D eigenvalue weighted by molar-refractivity contribution is 0.453. The third kappa shape index (κ3) is 3.56. The van der Waals surface area contributed by atoms with E-state index >= 15 is 0 Å². The summed E-state index contributed by atoms with van der Waals surface area (Å²) in [5.41, 5.74) is 1.24. The van der Waals surface area contributed by atoms with Gasteiger partial charge in [0.2, 0.25) is 0 Å². The summed E-state index contributed by atoms with van der Waals surface area (Å²) in [6.45, 7) is 4.34. The number of aryl methyl sites for hydroxylation is 1. The minimum absolute atomic E-state index is 0.472. The normalized spacial score (nSPS) is 17.6. The van der Waals surface area contributed by atoms with E-state index in [4.69, 9.17) is 0 Å². The lowest BCUT2D eigenvalue weighted by Crippen LogP contribution is -2.27. The zero-order valence-corrected chi connectivity index (χ0v) is 11.3. The first-order valence-corrected chi connectivity index (χ1v) is 6.92. The average Bonchev–Trinajstić information content (AvgIpc) is 3.03. The Kier molecular flexibility index (Phi) is 4.21. The van der Waals surface area contributed by atoms with Crippen molar-refractivity contribution < 1.29 is 0 Å². The molecule has 1 aromatic heterocycles. The highest BCUT2D eigenvalue weighted by molar-refractivity contribution is 5.00. The Morgan fingerprint density at radius 1 is 1.47 bits per heavy atom. The molecule has 2 rings (SSSR count). The van der Waals surface area contributed by atoms with Crippen LogP contribution in [0.5, 0.6) is 0 Å². The van der Waals surface area contributed by atoms with E-state index in [9.17, 15) is 0 Å². The molecule has 17 heavy (non-hydrogen) atoms. The summed E-state index contributed by atoms with van der Waals surface area (Å²) in [5, 5.41) is 8.04. The molecule has 0 bridgehead atoms. The summed E-state index contributed by atoms with van der Waals surface area (Å²) >= 11 is 0. The zero-order chi connectivity index (χ0) is 12.3. The highest BCUT2D eigenvalue weighted by Crippen LogP contribution is 2.34. The van der Waals surface area contributed by atoms with Crippen LogP contribution in [0.25, 0.3) is 0 Å². The first-order valence-electron chi connectivity index (χ1n) is 6.92. The molecular formula is C14H25N3. The van der Waals surface area contributed by atoms with E-state index in [-0.39, 0.29) is 0 Å². The van der Waals surface area contributed by atoms with Gasteiger partial charge in [0.25, 0.3) is 0 Å². The summed E-state index contributed by atoms with van der Waals surface area (Å²) in [6, 6.07) is 3.37. The van der Waals surface area contributed by atoms with E-state index in [1.165, 1.54) is 31.4 Å². The summed E-state index contributed by atoms with van der Waals surface area (Å²) in [7, 11) is 2.09. The van der Waals surface area contributed by atoms with Crippen LogP contribution < -0.4 is 5.32 Å². The van der Waals surface area contributed by atoms with Crippen molar-refractivity contribution in [2.75, 3.05) is 7.05 Å². The topological polar surface area (TPSA) is 29.9 Å². The summed E-state index contributed by atoms with van der Waals surface area (Å²) < 4.78 is 2.05. The Hall–Kier alpha value is -0.830. The molecule has 0 radical (unpaired) electrons. The molecule has 1 aromatic rings. The van der Waals surface area contributed by atoms with Crippen LogP contribution in [0.1, 0.15) is 51.3 Å². The van der Waals surface area contributed by atoms with Crippen LogP contribution in [0.2, 0.25) is 0 Å². The second kappa shape index (κ2) is 5.67. The minimum Gasteiger partial charge on any atom is -0.317 e. The SMILES string of the molecule is CNC(CCCc1ccn(C(C)C)n1)C1CC1. The predicted octanol–water partition coefficient (Wildman–Crippen LogP) is 2.78. The Morgan fingerprint density at radius 3 is 2.76 bits per heavy atom. The third-order valence-corrected chi connectivity index (χ3v) is 3.70. The molecule has 1 aliphatic rings. The molecule has 3 nitrogen and oxygen atoms in total. The molecular weight excluding hydrogens is 210 g/mol. The van der Waals surface area contributed by atoms with E-state index in [0.29, 0.717) is 6.04 Å². The van der Waals surface area contributed by atoms with Crippen molar-refractivity contribution in [3.8, 4) is 0 Å². The molecule has 3 heteroatoms. The number of nitrogens with one attached hydrogen (secondary N) is 1. The highest BCUT2D eigenvalue weighted by atomic mass is 15.3. The van der Waals surface area contributed by atoms with Gasteiger partial charge in [-0.2, -0.15) is 5.10 Å². The van der Waals surface area contributed by atoms with Crippen molar-refractivity contribution in [1.29, 1.82) is 0 Å². The Labute approximate surface area is 105 Å². The van der Waals surface area contributed by atoms with Gasteiger partial charge in [-0.1, -0.05) is 0 Å². The number of hydrogen-bond acceptors (Lipinski definition) is 2. The smallest absolute Gasteiger partial charge is 0.0624 e. The van der Waals surface area contributed by atoms with Gasteiger partial charge < -0.3 is 5.32 Å². The molecule has 0 spiro atoms. The van der Waals surface area contributed by atoms with E-state index in [0.717, 1.165) is 18.4 Å². The van der Waals surface area contributed by atoms with E-state index in [2.05, 4.69) is 43.6 Å². The average molecular weight is 235 g/mol. The quantitative estimate of drug-likeness (QED) is 0.787. The van der Waals surface area contributed by atoms with Gasteiger partial charge in [-0.25, -0.2) is 0 Å². The second-order valence-electron chi connectivity index (χ2n) is 5.51. The fourth-order valence-corrected chi connectivity index (χ4v) is 2.42. The van der Waals surface area contributed by atoms with Gasteiger partial charge >= 0.3 is 0 Å².